The fraction of sp³-hybridized carbons (Fsp3) is 0.100. The highest BCUT2D eigenvalue weighted by atomic mass is 79.9. The fourth-order valence-corrected chi connectivity index (χ4v) is 4.11. The number of hydrogen-bond donors (Lipinski definition) is 1. The first kappa shape index (κ1) is 15.0. The molecule has 0 saturated heterocycles. The summed E-state index contributed by atoms with van der Waals surface area (Å²) < 4.78 is -0.208. The zero-order valence-electron chi connectivity index (χ0n) is 12.3. The van der Waals surface area contributed by atoms with Crippen LogP contribution in [0.3, 0.4) is 0 Å². The summed E-state index contributed by atoms with van der Waals surface area (Å²) in [5, 5.41) is 12.9. The maximum absolute atomic E-state index is 10.6. The molecule has 1 aliphatic rings. The highest BCUT2D eigenvalue weighted by molar-refractivity contribution is 9.25. The first-order valence-electron chi connectivity index (χ1n) is 7.45. The molecule has 0 aliphatic heterocycles. The van der Waals surface area contributed by atoms with Gasteiger partial charge in [-0.25, -0.2) is 0 Å². The van der Waals surface area contributed by atoms with Crippen LogP contribution >= 0.6 is 31.9 Å². The summed E-state index contributed by atoms with van der Waals surface area (Å²) in [4.78, 5) is 0. The number of hydrogen-bond acceptors (Lipinski definition) is 1. The van der Waals surface area contributed by atoms with Crippen LogP contribution in [0.15, 0.2) is 60.7 Å². The van der Waals surface area contributed by atoms with E-state index >= 15 is 0 Å². The maximum atomic E-state index is 10.6. The smallest absolute Gasteiger partial charge is 0.124 e. The second kappa shape index (κ2) is 5.50. The molecule has 1 N–H and O–H groups in total. The van der Waals surface area contributed by atoms with Crippen molar-refractivity contribution >= 4 is 48.7 Å². The number of phenolic OH excluding ortho intramolecular Hbond substituents is 1. The normalized spacial score (nSPS) is 15.6. The lowest BCUT2D eigenvalue weighted by molar-refractivity contribution is 0.477. The maximum Gasteiger partial charge on any atom is 0.124 e. The summed E-state index contributed by atoms with van der Waals surface area (Å²) in [6.07, 6.45) is 5.00. The van der Waals surface area contributed by atoms with E-state index in [1.165, 1.54) is 10.9 Å². The van der Waals surface area contributed by atoms with Crippen LogP contribution in [-0.2, 0) is 6.42 Å². The average Bonchev–Trinajstić information content (AvgIpc) is 2.54. The van der Waals surface area contributed by atoms with Crippen LogP contribution in [0.2, 0.25) is 0 Å². The summed E-state index contributed by atoms with van der Waals surface area (Å²) in [6, 6.07) is 18.3. The molecule has 3 heteroatoms. The van der Waals surface area contributed by atoms with Crippen LogP contribution in [-0.4, -0.2) is 8.34 Å². The van der Waals surface area contributed by atoms with Crippen LogP contribution < -0.4 is 0 Å². The van der Waals surface area contributed by atoms with Gasteiger partial charge in [-0.15, -0.1) is 0 Å². The second-order valence-corrected chi connectivity index (χ2v) is 9.72. The van der Waals surface area contributed by atoms with E-state index in [0.29, 0.717) is 5.75 Å². The number of rotatable bonds is 1. The molecule has 0 saturated carbocycles. The highest BCUT2D eigenvalue weighted by Crippen LogP contribution is 2.44. The van der Waals surface area contributed by atoms with Gasteiger partial charge in [0.05, 0.1) is 0 Å². The molecule has 0 spiro atoms. The number of benzene rings is 3. The molecule has 0 unspecified atom stereocenters. The molecule has 0 amide bonds. The van der Waals surface area contributed by atoms with Gasteiger partial charge < -0.3 is 5.11 Å². The highest BCUT2D eigenvalue weighted by Gasteiger charge is 2.27. The standard InChI is InChI=1S/C20H14Br2O/c21-20(22)11-10-16-14(12-20)8-9-18(23)19(16)17-7-3-5-13-4-1-2-6-15(13)17/h1-11,23H,12H2. The molecule has 3 aromatic rings. The lowest BCUT2D eigenvalue weighted by Gasteiger charge is -2.25. The van der Waals surface area contributed by atoms with Gasteiger partial charge >= 0.3 is 0 Å². The Balaban J connectivity index is 2.03. The van der Waals surface area contributed by atoms with E-state index in [0.717, 1.165) is 28.5 Å². The van der Waals surface area contributed by atoms with Gasteiger partial charge in [0, 0.05) is 12.0 Å². The van der Waals surface area contributed by atoms with Gasteiger partial charge in [0.15, 0.2) is 0 Å². The molecule has 1 aliphatic carbocycles. The third kappa shape index (κ3) is 2.62. The van der Waals surface area contributed by atoms with Gasteiger partial charge in [-0.05, 0) is 33.5 Å². The van der Waals surface area contributed by atoms with Crippen molar-refractivity contribution in [1.82, 2.24) is 0 Å². The van der Waals surface area contributed by atoms with Crippen molar-refractivity contribution in [3.63, 3.8) is 0 Å². The van der Waals surface area contributed by atoms with Crippen molar-refractivity contribution in [2.45, 2.75) is 9.65 Å². The summed E-state index contributed by atoms with van der Waals surface area (Å²) in [5.74, 6) is 0.321. The second-order valence-electron chi connectivity index (χ2n) is 5.83. The van der Waals surface area contributed by atoms with Crippen LogP contribution in [0.5, 0.6) is 5.75 Å². The van der Waals surface area contributed by atoms with E-state index in [1.54, 1.807) is 6.07 Å². The number of halogens is 2. The van der Waals surface area contributed by atoms with Gasteiger partial charge in [-0.3, -0.25) is 0 Å². The minimum atomic E-state index is -0.208. The van der Waals surface area contributed by atoms with Gasteiger partial charge in [-0.1, -0.05) is 92.5 Å². The summed E-state index contributed by atoms with van der Waals surface area (Å²) in [5.41, 5.74) is 4.28. The van der Waals surface area contributed by atoms with Gasteiger partial charge in [0.2, 0.25) is 0 Å². The Hall–Kier alpha value is -1.58. The number of alkyl halides is 2. The molecule has 0 atom stereocenters. The first-order chi connectivity index (χ1) is 11.1. The molecule has 0 aromatic heterocycles. The Morgan fingerprint density at radius 3 is 2.57 bits per heavy atom. The molecular weight excluding hydrogens is 416 g/mol. The Bertz CT molecular complexity index is 936. The molecule has 23 heavy (non-hydrogen) atoms. The van der Waals surface area contributed by atoms with Gasteiger partial charge in [0.1, 0.15) is 8.98 Å². The van der Waals surface area contributed by atoms with Crippen LogP contribution in [0.25, 0.3) is 28.0 Å². The number of fused-ring (bicyclic) bond motifs is 2. The molecule has 0 radical (unpaired) electrons. The zero-order chi connectivity index (χ0) is 16.0. The molecule has 4 rings (SSSR count). The molecule has 1 nitrogen and oxygen atoms in total. The van der Waals surface area contributed by atoms with E-state index in [1.807, 2.05) is 24.3 Å². The van der Waals surface area contributed by atoms with Crippen molar-refractivity contribution in [3.05, 3.63) is 71.8 Å². The van der Waals surface area contributed by atoms with E-state index in [-0.39, 0.29) is 3.23 Å². The summed E-state index contributed by atoms with van der Waals surface area (Å²) in [6.45, 7) is 0. The zero-order valence-corrected chi connectivity index (χ0v) is 15.4. The van der Waals surface area contributed by atoms with Gasteiger partial charge in [0.25, 0.3) is 0 Å². The predicted octanol–water partition coefficient (Wildman–Crippen LogP) is 6.27. The minimum absolute atomic E-state index is 0.208. The third-order valence-corrected chi connectivity index (χ3v) is 5.38. The van der Waals surface area contributed by atoms with Crippen LogP contribution in [0, 0.1) is 0 Å². The molecule has 0 bridgehead atoms. The van der Waals surface area contributed by atoms with Crippen molar-refractivity contribution in [2.75, 3.05) is 0 Å². The lowest BCUT2D eigenvalue weighted by Crippen LogP contribution is -2.16. The van der Waals surface area contributed by atoms with E-state index in [9.17, 15) is 5.11 Å². The molecule has 0 heterocycles. The largest absolute Gasteiger partial charge is 0.507 e. The topological polar surface area (TPSA) is 20.2 Å². The SMILES string of the molecule is Oc1ccc2c(c1-c1cccc3ccccc13)C=CC(Br)(Br)C2. The number of aromatic hydroxyl groups is 1. The number of allylic oxidation sites excluding steroid dienone is 1. The molecule has 0 fully saturated rings. The fourth-order valence-electron chi connectivity index (χ4n) is 3.24. The average molecular weight is 430 g/mol. The van der Waals surface area contributed by atoms with Crippen molar-refractivity contribution in [1.29, 1.82) is 0 Å². The monoisotopic (exact) mass is 428 g/mol. The Kier molecular flexibility index (Phi) is 3.58. The number of phenols is 1. The van der Waals surface area contributed by atoms with E-state index in [2.05, 4.69) is 68.3 Å². The predicted molar refractivity (Wildman–Crippen MR) is 104 cm³/mol. The van der Waals surface area contributed by atoms with Crippen molar-refractivity contribution in [2.24, 2.45) is 0 Å². The van der Waals surface area contributed by atoms with Crippen LogP contribution in [0.1, 0.15) is 11.1 Å². The third-order valence-electron chi connectivity index (χ3n) is 4.29. The summed E-state index contributed by atoms with van der Waals surface area (Å²) >= 11 is 7.34. The minimum Gasteiger partial charge on any atom is -0.507 e. The quantitative estimate of drug-likeness (QED) is 0.452. The summed E-state index contributed by atoms with van der Waals surface area (Å²) in [7, 11) is 0. The molecular formula is C20H14Br2O. The van der Waals surface area contributed by atoms with E-state index in [4.69, 9.17) is 0 Å². The lowest BCUT2D eigenvalue weighted by atomic mass is 9.87. The molecule has 114 valence electrons. The van der Waals surface area contributed by atoms with Gasteiger partial charge in [-0.2, -0.15) is 0 Å². The Labute approximate surface area is 151 Å². The van der Waals surface area contributed by atoms with Crippen molar-refractivity contribution < 1.29 is 5.11 Å². The Morgan fingerprint density at radius 2 is 1.70 bits per heavy atom. The van der Waals surface area contributed by atoms with Crippen molar-refractivity contribution in [3.8, 4) is 16.9 Å². The van der Waals surface area contributed by atoms with E-state index < -0.39 is 0 Å². The van der Waals surface area contributed by atoms with Crippen LogP contribution in [0.4, 0.5) is 0 Å². The Morgan fingerprint density at radius 1 is 0.913 bits per heavy atom. The molecule has 3 aromatic carbocycles. The first-order valence-corrected chi connectivity index (χ1v) is 9.04.